The van der Waals surface area contributed by atoms with Crippen LogP contribution in [0, 0.1) is 0 Å². The first kappa shape index (κ1) is 21.1. The number of rotatable bonds is 6. The Bertz CT molecular complexity index is 885. The van der Waals surface area contributed by atoms with Gasteiger partial charge in [0.05, 0.1) is 16.3 Å². The van der Waals surface area contributed by atoms with Crippen LogP contribution in [0.1, 0.15) is 25.5 Å². The van der Waals surface area contributed by atoms with E-state index in [1.165, 1.54) is 0 Å². The predicted octanol–water partition coefficient (Wildman–Crippen LogP) is 4.41. The van der Waals surface area contributed by atoms with Crippen LogP contribution < -0.4 is 10.6 Å². The maximum absolute atomic E-state index is 5.97. The van der Waals surface area contributed by atoms with Crippen LogP contribution in [0.3, 0.4) is 0 Å². The highest BCUT2D eigenvalue weighted by atomic mass is 127. The van der Waals surface area contributed by atoms with Gasteiger partial charge in [0.25, 0.3) is 0 Å². The quantitative estimate of drug-likeness (QED) is 0.291. The molecule has 6 nitrogen and oxygen atoms in total. The lowest BCUT2D eigenvalue weighted by atomic mass is 10.2. The number of nitrogens with zero attached hydrogens (tertiary/aromatic N) is 2. The van der Waals surface area contributed by atoms with E-state index >= 15 is 0 Å². The van der Waals surface area contributed by atoms with Crippen molar-refractivity contribution in [2.75, 3.05) is 19.7 Å². The molecule has 8 heteroatoms. The number of nitrogens with one attached hydrogen (secondary N) is 2. The fourth-order valence-corrected chi connectivity index (χ4v) is 4.00. The average Bonchev–Trinajstić information content (AvgIpc) is 3.44. The summed E-state index contributed by atoms with van der Waals surface area (Å²) in [5.74, 6) is 2.39. The number of benzene rings is 1. The summed E-state index contributed by atoms with van der Waals surface area (Å²) >= 11 is 1.64. The Hall–Kier alpha value is -1.65. The maximum atomic E-state index is 5.97. The van der Waals surface area contributed by atoms with Gasteiger partial charge >= 0.3 is 0 Å². The molecule has 1 aliphatic rings. The second kappa shape index (κ2) is 10.2. The Kier molecular flexibility index (Phi) is 7.69. The minimum atomic E-state index is 0. The van der Waals surface area contributed by atoms with Gasteiger partial charge < -0.3 is 19.8 Å². The fourth-order valence-electron chi connectivity index (χ4n) is 3.07. The first-order valence-electron chi connectivity index (χ1n) is 9.40. The number of hydrogen-bond donors (Lipinski definition) is 2. The Labute approximate surface area is 185 Å². The van der Waals surface area contributed by atoms with Gasteiger partial charge in [-0.15, -0.1) is 35.3 Å². The first-order valence-corrected chi connectivity index (χ1v) is 10.2. The molecule has 2 N–H and O–H groups in total. The molecule has 1 aromatic carbocycles. The molecular weight excluding hydrogens is 487 g/mol. The van der Waals surface area contributed by atoms with Gasteiger partial charge in [0, 0.05) is 19.7 Å². The van der Waals surface area contributed by atoms with Crippen molar-refractivity contribution in [3.05, 3.63) is 42.2 Å². The monoisotopic (exact) mass is 512 g/mol. The molecule has 150 valence electrons. The topological polar surface area (TPSA) is 71.7 Å². The highest BCUT2D eigenvalue weighted by Gasteiger charge is 2.15. The molecule has 3 heterocycles. The van der Waals surface area contributed by atoms with Crippen molar-refractivity contribution in [1.82, 2.24) is 15.6 Å². The summed E-state index contributed by atoms with van der Waals surface area (Å²) in [7, 11) is 0. The fraction of sp³-hybridized carbons (Fsp3) is 0.400. The molecule has 0 radical (unpaired) electrons. The van der Waals surface area contributed by atoms with Crippen molar-refractivity contribution < 1.29 is 9.15 Å². The standard InChI is InChI=1S/C20H24N4O2S.HI/c1-2-21-20(22-12-14-6-5-11-25-14)23-13-15-9-10-17(26-15)19-24-16-7-3-4-8-18(16)27-19;/h3-4,7-10,14H,2,5-6,11-13H2,1H3,(H2,21,22,23);1H. The largest absolute Gasteiger partial charge is 0.457 e. The second-order valence-corrected chi connectivity index (χ2v) is 7.49. The average molecular weight is 512 g/mol. The van der Waals surface area contributed by atoms with Crippen LogP contribution in [0.2, 0.25) is 0 Å². The summed E-state index contributed by atoms with van der Waals surface area (Å²) < 4.78 is 12.8. The molecule has 2 aromatic heterocycles. The minimum absolute atomic E-state index is 0. The number of fused-ring (bicyclic) bond motifs is 1. The number of hydrogen-bond acceptors (Lipinski definition) is 5. The van der Waals surface area contributed by atoms with Crippen LogP contribution >= 0.6 is 35.3 Å². The zero-order valence-corrected chi connectivity index (χ0v) is 19.0. The van der Waals surface area contributed by atoms with Crippen molar-refractivity contribution in [3.63, 3.8) is 0 Å². The highest BCUT2D eigenvalue weighted by molar-refractivity contribution is 14.0. The van der Waals surface area contributed by atoms with Gasteiger partial charge in [0.15, 0.2) is 16.7 Å². The minimum Gasteiger partial charge on any atom is -0.457 e. The number of aromatic nitrogens is 1. The zero-order valence-electron chi connectivity index (χ0n) is 15.8. The van der Waals surface area contributed by atoms with Gasteiger partial charge in [-0.2, -0.15) is 0 Å². The summed E-state index contributed by atoms with van der Waals surface area (Å²) in [6, 6.07) is 12.1. The Balaban J connectivity index is 0.00000225. The first-order chi connectivity index (χ1) is 13.3. The molecule has 28 heavy (non-hydrogen) atoms. The third-order valence-corrected chi connectivity index (χ3v) is 5.48. The van der Waals surface area contributed by atoms with E-state index in [4.69, 9.17) is 9.15 Å². The highest BCUT2D eigenvalue weighted by Crippen LogP contribution is 2.31. The number of para-hydroxylation sites is 1. The van der Waals surface area contributed by atoms with Crippen molar-refractivity contribution >= 4 is 51.5 Å². The van der Waals surface area contributed by atoms with E-state index in [1.807, 2.05) is 30.3 Å². The molecule has 1 aliphatic heterocycles. The van der Waals surface area contributed by atoms with Crippen LogP contribution in [0.5, 0.6) is 0 Å². The van der Waals surface area contributed by atoms with Crippen molar-refractivity contribution in [3.8, 4) is 10.8 Å². The Morgan fingerprint density at radius 2 is 2.14 bits per heavy atom. The normalized spacial score (nSPS) is 16.9. The summed E-state index contributed by atoms with van der Waals surface area (Å²) in [5.41, 5.74) is 1.00. The number of thiazole rings is 1. The van der Waals surface area contributed by atoms with Crippen molar-refractivity contribution in [1.29, 1.82) is 0 Å². The number of ether oxygens (including phenoxy) is 1. The summed E-state index contributed by atoms with van der Waals surface area (Å²) in [5, 5.41) is 7.51. The molecule has 0 bridgehead atoms. The molecule has 0 saturated carbocycles. The van der Waals surface area contributed by atoms with E-state index in [0.717, 1.165) is 65.2 Å². The van der Waals surface area contributed by atoms with Gasteiger partial charge in [0.1, 0.15) is 12.3 Å². The van der Waals surface area contributed by atoms with Gasteiger partial charge in [-0.25, -0.2) is 9.98 Å². The lowest BCUT2D eigenvalue weighted by molar-refractivity contribution is 0.114. The van der Waals surface area contributed by atoms with Crippen molar-refractivity contribution in [2.45, 2.75) is 32.4 Å². The number of aliphatic imine (C=N–C) groups is 1. The van der Waals surface area contributed by atoms with Gasteiger partial charge in [-0.1, -0.05) is 12.1 Å². The molecule has 4 rings (SSSR count). The lowest BCUT2D eigenvalue weighted by Crippen LogP contribution is -2.41. The van der Waals surface area contributed by atoms with E-state index in [0.29, 0.717) is 6.54 Å². The van der Waals surface area contributed by atoms with E-state index in [9.17, 15) is 0 Å². The van der Waals surface area contributed by atoms with E-state index in [2.05, 4.69) is 33.6 Å². The number of halogens is 1. The van der Waals surface area contributed by atoms with Crippen LogP contribution in [0.25, 0.3) is 21.0 Å². The smallest absolute Gasteiger partial charge is 0.191 e. The van der Waals surface area contributed by atoms with Gasteiger partial charge in [0.2, 0.25) is 0 Å². The number of guanidine groups is 1. The molecule has 1 unspecified atom stereocenters. The molecular formula is C20H25IN4O2S. The van der Waals surface area contributed by atoms with Crippen LogP contribution in [-0.4, -0.2) is 36.7 Å². The predicted molar refractivity (Wildman–Crippen MR) is 125 cm³/mol. The molecule has 0 amide bonds. The molecule has 1 atom stereocenters. The SMILES string of the molecule is CCNC(=NCc1ccc(-c2nc3ccccc3s2)o1)NCC1CCCO1.I. The molecule has 1 saturated heterocycles. The van der Waals surface area contributed by atoms with Gasteiger partial charge in [-0.3, -0.25) is 0 Å². The summed E-state index contributed by atoms with van der Waals surface area (Å²) in [4.78, 5) is 9.27. The van der Waals surface area contributed by atoms with E-state index in [-0.39, 0.29) is 30.1 Å². The third kappa shape index (κ3) is 5.24. The Morgan fingerprint density at radius 3 is 2.93 bits per heavy atom. The van der Waals surface area contributed by atoms with E-state index in [1.54, 1.807) is 11.3 Å². The summed E-state index contributed by atoms with van der Waals surface area (Å²) in [6.07, 6.45) is 2.53. The number of furan rings is 1. The van der Waals surface area contributed by atoms with Crippen LogP contribution in [-0.2, 0) is 11.3 Å². The molecule has 0 spiro atoms. The lowest BCUT2D eigenvalue weighted by Gasteiger charge is -2.14. The molecule has 3 aromatic rings. The van der Waals surface area contributed by atoms with Gasteiger partial charge in [-0.05, 0) is 44.0 Å². The zero-order chi connectivity index (χ0) is 18.5. The molecule has 1 fully saturated rings. The maximum Gasteiger partial charge on any atom is 0.191 e. The molecule has 0 aliphatic carbocycles. The van der Waals surface area contributed by atoms with Crippen molar-refractivity contribution in [2.24, 2.45) is 4.99 Å². The second-order valence-electron chi connectivity index (χ2n) is 6.46. The van der Waals surface area contributed by atoms with Crippen LogP contribution in [0.4, 0.5) is 0 Å². The Morgan fingerprint density at radius 1 is 1.25 bits per heavy atom. The van der Waals surface area contributed by atoms with E-state index < -0.39 is 0 Å². The summed E-state index contributed by atoms with van der Waals surface area (Å²) in [6.45, 7) is 4.99. The third-order valence-electron chi connectivity index (χ3n) is 4.42. The van der Waals surface area contributed by atoms with Crippen LogP contribution in [0.15, 0.2) is 45.8 Å².